The summed E-state index contributed by atoms with van der Waals surface area (Å²) in [6.45, 7) is 7.90. The number of aliphatic carboxylic acids is 1. The van der Waals surface area contributed by atoms with Crippen LogP contribution in [0.4, 0.5) is 4.79 Å². The lowest BCUT2D eigenvalue weighted by molar-refractivity contribution is -0.142. The third-order valence-electron chi connectivity index (χ3n) is 7.12. The lowest BCUT2D eigenvalue weighted by Crippen LogP contribution is -2.48. The van der Waals surface area contributed by atoms with E-state index in [9.17, 15) is 19.5 Å². The number of carboxylic acids is 1. The summed E-state index contributed by atoms with van der Waals surface area (Å²) in [4.78, 5) is 40.8. The molecule has 0 radical (unpaired) electrons. The summed E-state index contributed by atoms with van der Waals surface area (Å²) in [5, 5.41) is 12.8. The Labute approximate surface area is 188 Å². The summed E-state index contributed by atoms with van der Waals surface area (Å²) < 4.78 is 5.45. The molecule has 3 saturated heterocycles. The van der Waals surface area contributed by atoms with Gasteiger partial charge in [-0.2, -0.15) is 0 Å². The van der Waals surface area contributed by atoms with Crippen LogP contribution in [0.15, 0.2) is 30.3 Å². The van der Waals surface area contributed by atoms with Crippen LogP contribution in [0.25, 0.3) is 0 Å². The normalized spacial score (nSPS) is 28.0. The highest BCUT2D eigenvalue weighted by atomic mass is 16.6. The molecule has 1 unspecified atom stereocenters. The first-order chi connectivity index (χ1) is 15.1. The molecule has 8 nitrogen and oxygen atoms in total. The minimum absolute atomic E-state index is 0.0267. The van der Waals surface area contributed by atoms with Crippen molar-refractivity contribution in [2.45, 2.75) is 63.6 Å². The topological polar surface area (TPSA) is 99.2 Å². The minimum Gasteiger partial charge on any atom is -0.480 e. The van der Waals surface area contributed by atoms with Gasteiger partial charge >= 0.3 is 12.1 Å². The van der Waals surface area contributed by atoms with Gasteiger partial charge < -0.3 is 15.2 Å². The molecule has 174 valence electrons. The maximum Gasteiger partial charge on any atom is 0.411 e. The van der Waals surface area contributed by atoms with Crippen molar-refractivity contribution in [3.05, 3.63) is 35.9 Å². The van der Waals surface area contributed by atoms with Crippen molar-refractivity contribution >= 4 is 18.0 Å². The van der Waals surface area contributed by atoms with Crippen LogP contribution in [0, 0.1) is 5.41 Å². The molecule has 2 N–H and O–H groups in total. The van der Waals surface area contributed by atoms with Gasteiger partial charge in [0.25, 0.3) is 0 Å². The van der Waals surface area contributed by atoms with Gasteiger partial charge in [0.2, 0.25) is 5.91 Å². The first kappa shape index (κ1) is 22.6. The SMILES string of the molecule is CC(C)(C)OC(=O)N1C[C@@H](N2CCC3(CC2)CNC(=O)C3c2ccccc2)C[C@H]1C(=O)O. The molecule has 3 aliphatic heterocycles. The van der Waals surface area contributed by atoms with E-state index in [1.165, 1.54) is 4.90 Å². The highest BCUT2D eigenvalue weighted by Crippen LogP contribution is 2.48. The van der Waals surface area contributed by atoms with E-state index >= 15 is 0 Å². The number of hydrogen-bond donors (Lipinski definition) is 2. The van der Waals surface area contributed by atoms with Crippen molar-refractivity contribution in [2.75, 3.05) is 26.2 Å². The van der Waals surface area contributed by atoms with E-state index in [0.717, 1.165) is 31.5 Å². The number of benzene rings is 1. The van der Waals surface area contributed by atoms with Gasteiger partial charge in [-0.15, -0.1) is 0 Å². The maximum absolute atomic E-state index is 12.7. The molecule has 2 amide bonds. The number of carbonyl (C=O) groups excluding carboxylic acids is 2. The summed E-state index contributed by atoms with van der Waals surface area (Å²) in [6.07, 6.45) is 1.52. The number of carboxylic acid groups (broad SMARTS) is 1. The zero-order chi connectivity index (χ0) is 23.1. The number of likely N-dealkylation sites (tertiary alicyclic amines) is 2. The Kier molecular flexibility index (Phi) is 5.92. The number of nitrogens with one attached hydrogen (secondary N) is 1. The molecule has 8 heteroatoms. The highest BCUT2D eigenvalue weighted by molar-refractivity contribution is 5.87. The minimum atomic E-state index is -0.999. The molecule has 4 rings (SSSR count). The summed E-state index contributed by atoms with van der Waals surface area (Å²) in [5.74, 6) is -1.06. The number of carbonyl (C=O) groups is 3. The molecule has 3 heterocycles. The van der Waals surface area contributed by atoms with E-state index in [2.05, 4.69) is 10.2 Å². The number of piperidine rings is 1. The zero-order valence-electron chi connectivity index (χ0n) is 19.0. The molecule has 1 aromatic carbocycles. The second-order valence-corrected chi connectivity index (χ2v) is 10.3. The Balaban J connectivity index is 1.44. The van der Waals surface area contributed by atoms with Crippen LogP contribution in [0.3, 0.4) is 0 Å². The molecule has 0 aromatic heterocycles. The van der Waals surface area contributed by atoms with Gasteiger partial charge in [-0.1, -0.05) is 30.3 Å². The van der Waals surface area contributed by atoms with E-state index in [0.29, 0.717) is 19.5 Å². The second kappa shape index (κ2) is 8.39. The van der Waals surface area contributed by atoms with Crippen molar-refractivity contribution in [1.29, 1.82) is 0 Å². The molecular weight excluding hydrogens is 410 g/mol. The summed E-state index contributed by atoms with van der Waals surface area (Å²) in [7, 11) is 0. The highest BCUT2D eigenvalue weighted by Gasteiger charge is 2.52. The molecule has 3 aliphatic rings. The summed E-state index contributed by atoms with van der Waals surface area (Å²) in [6, 6.07) is 9.05. The number of amides is 2. The Morgan fingerprint density at radius 3 is 2.41 bits per heavy atom. The van der Waals surface area contributed by atoms with Crippen molar-refractivity contribution in [2.24, 2.45) is 5.41 Å². The Bertz CT molecular complexity index is 873. The van der Waals surface area contributed by atoms with E-state index < -0.39 is 23.7 Å². The number of nitrogens with zero attached hydrogens (tertiary/aromatic N) is 2. The second-order valence-electron chi connectivity index (χ2n) is 10.3. The quantitative estimate of drug-likeness (QED) is 0.745. The largest absolute Gasteiger partial charge is 0.480 e. The van der Waals surface area contributed by atoms with Gasteiger partial charge in [0.15, 0.2) is 0 Å². The molecule has 0 saturated carbocycles. The first-order valence-corrected chi connectivity index (χ1v) is 11.4. The van der Waals surface area contributed by atoms with Crippen molar-refractivity contribution in [3.63, 3.8) is 0 Å². The van der Waals surface area contributed by atoms with Crippen LogP contribution >= 0.6 is 0 Å². The summed E-state index contributed by atoms with van der Waals surface area (Å²) in [5.41, 5.74) is 0.258. The summed E-state index contributed by atoms with van der Waals surface area (Å²) >= 11 is 0. The molecule has 1 aromatic rings. The van der Waals surface area contributed by atoms with Gasteiger partial charge in [-0.3, -0.25) is 14.6 Å². The molecular formula is C24H33N3O5. The van der Waals surface area contributed by atoms with Crippen molar-refractivity contribution in [1.82, 2.24) is 15.1 Å². The lowest BCUT2D eigenvalue weighted by Gasteiger charge is -2.43. The van der Waals surface area contributed by atoms with E-state index in [4.69, 9.17) is 4.74 Å². The average Bonchev–Trinajstić information content (AvgIpc) is 3.31. The Morgan fingerprint density at radius 2 is 1.81 bits per heavy atom. The number of ether oxygens (including phenoxy) is 1. The molecule has 3 fully saturated rings. The van der Waals surface area contributed by atoms with Crippen LogP contribution in [0.1, 0.15) is 51.5 Å². The van der Waals surface area contributed by atoms with Crippen LogP contribution in [-0.2, 0) is 14.3 Å². The molecule has 0 aliphatic carbocycles. The average molecular weight is 444 g/mol. The first-order valence-electron chi connectivity index (χ1n) is 11.4. The molecule has 1 spiro atoms. The van der Waals surface area contributed by atoms with Crippen LogP contribution in [0.2, 0.25) is 0 Å². The Morgan fingerprint density at radius 1 is 1.16 bits per heavy atom. The fourth-order valence-corrected chi connectivity index (χ4v) is 5.53. The third kappa shape index (κ3) is 4.33. The van der Waals surface area contributed by atoms with Gasteiger partial charge in [0.05, 0.1) is 5.92 Å². The third-order valence-corrected chi connectivity index (χ3v) is 7.12. The van der Waals surface area contributed by atoms with E-state index in [-0.39, 0.29) is 23.3 Å². The van der Waals surface area contributed by atoms with Crippen LogP contribution < -0.4 is 5.32 Å². The van der Waals surface area contributed by atoms with E-state index in [1.807, 2.05) is 30.3 Å². The standard InChI is InChI=1S/C24H33N3O5/c1-23(2,3)32-22(31)27-14-17(13-18(27)21(29)30)26-11-9-24(10-12-26)15-25-20(28)19(24)16-7-5-4-6-8-16/h4-8,17-19H,9-15H2,1-3H3,(H,25,28)(H,29,30)/t17-,18-,19?/m0/s1. The van der Waals surface area contributed by atoms with Gasteiger partial charge in [0.1, 0.15) is 11.6 Å². The Hall–Kier alpha value is -2.61. The van der Waals surface area contributed by atoms with Gasteiger partial charge in [0, 0.05) is 24.5 Å². The fourth-order valence-electron chi connectivity index (χ4n) is 5.53. The maximum atomic E-state index is 12.7. The number of rotatable bonds is 3. The molecule has 0 bridgehead atoms. The lowest BCUT2D eigenvalue weighted by atomic mass is 9.68. The molecule has 32 heavy (non-hydrogen) atoms. The predicted octanol–water partition coefficient (Wildman–Crippen LogP) is 2.44. The van der Waals surface area contributed by atoms with Gasteiger partial charge in [-0.25, -0.2) is 9.59 Å². The van der Waals surface area contributed by atoms with Crippen molar-refractivity contribution in [3.8, 4) is 0 Å². The zero-order valence-corrected chi connectivity index (χ0v) is 19.0. The van der Waals surface area contributed by atoms with Crippen molar-refractivity contribution < 1.29 is 24.2 Å². The van der Waals surface area contributed by atoms with E-state index in [1.54, 1.807) is 20.8 Å². The predicted molar refractivity (Wildman–Crippen MR) is 118 cm³/mol. The molecule has 3 atom stereocenters. The monoisotopic (exact) mass is 443 g/mol. The smallest absolute Gasteiger partial charge is 0.411 e. The fraction of sp³-hybridized carbons (Fsp3) is 0.625. The van der Waals surface area contributed by atoms with Crippen LogP contribution in [0.5, 0.6) is 0 Å². The van der Waals surface area contributed by atoms with Crippen LogP contribution in [-0.4, -0.2) is 76.7 Å². The number of hydrogen-bond acceptors (Lipinski definition) is 5. The van der Waals surface area contributed by atoms with Gasteiger partial charge in [-0.05, 0) is 58.7 Å².